The number of hydrogen-bond acceptors (Lipinski definition) is 6. The Labute approximate surface area is 147 Å². The van der Waals surface area contributed by atoms with Gasteiger partial charge in [-0.15, -0.1) is 4.68 Å². The largest absolute Gasteiger partial charge is 0.493 e. The fraction of sp³-hybridized carbons (Fsp3) is 0.167. The lowest BCUT2D eigenvalue weighted by Crippen LogP contribution is -2.32. The highest BCUT2D eigenvalue weighted by Crippen LogP contribution is 2.37. The summed E-state index contributed by atoms with van der Waals surface area (Å²) in [5, 5.41) is 4.43. The van der Waals surface area contributed by atoms with E-state index in [0.29, 0.717) is 40.3 Å². The van der Waals surface area contributed by atoms with Crippen molar-refractivity contribution in [2.24, 2.45) is 5.10 Å². The Morgan fingerprint density at radius 2 is 2.00 bits per heavy atom. The van der Waals surface area contributed by atoms with Gasteiger partial charge in [0.2, 0.25) is 6.79 Å². The maximum Gasteiger partial charge on any atom is 0.349 e. The number of H-pyrrole nitrogens is 1. The summed E-state index contributed by atoms with van der Waals surface area (Å²) in [6.45, 7) is 2.42. The second-order valence-electron chi connectivity index (χ2n) is 5.51. The molecule has 8 heteroatoms. The van der Waals surface area contributed by atoms with E-state index in [1.54, 1.807) is 36.4 Å². The van der Waals surface area contributed by atoms with Gasteiger partial charge in [0, 0.05) is 11.6 Å². The van der Waals surface area contributed by atoms with Crippen LogP contribution in [0.2, 0.25) is 0 Å². The van der Waals surface area contributed by atoms with Crippen LogP contribution >= 0.6 is 0 Å². The van der Waals surface area contributed by atoms with Crippen molar-refractivity contribution in [3.63, 3.8) is 0 Å². The lowest BCUT2D eigenvalue weighted by atomic mass is 10.2. The van der Waals surface area contributed by atoms with Crippen molar-refractivity contribution in [1.29, 1.82) is 0 Å². The van der Waals surface area contributed by atoms with E-state index in [0.717, 1.165) is 4.68 Å². The summed E-state index contributed by atoms with van der Waals surface area (Å²) in [4.78, 5) is 27.3. The van der Waals surface area contributed by atoms with Crippen molar-refractivity contribution >= 4 is 17.1 Å². The fourth-order valence-electron chi connectivity index (χ4n) is 2.70. The molecular weight excluding hydrogens is 338 g/mol. The second-order valence-corrected chi connectivity index (χ2v) is 5.51. The van der Waals surface area contributed by atoms with Crippen molar-refractivity contribution in [1.82, 2.24) is 9.66 Å². The van der Waals surface area contributed by atoms with Crippen molar-refractivity contribution in [3.8, 4) is 17.2 Å². The van der Waals surface area contributed by atoms with E-state index in [1.807, 2.05) is 6.92 Å². The van der Waals surface area contributed by atoms with Crippen molar-refractivity contribution in [3.05, 3.63) is 62.8 Å². The molecule has 26 heavy (non-hydrogen) atoms. The molecule has 0 spiro atoms. The molecule has 4 rings (SSSR count). The number of aromatic nitrogens is 2. The first kappa shape index (κ1) is 15.9. The Bertz CT molecular complexity index is 1130. The number of benzene rings is 2. The Balaban J connectivity index is 1.81. The SMILES string of the molecule is CCOc1cc2c(cc1C=Nn1c(=O)[nH]c3ccccc3c1=O)OCO2. The van der Waals surface area contributed by atoms with Gasteiger partial charge < -0.3 is 19.2 Å². The molecule has 1 aromatic heterocycles. The van der Waals surface area contributed by atoms with Gasteiger partial charge in [0.25, 0.3) is 5.56 Å². The Morgan fingerprint density at radius 1 is 1.23 bits per heavy atom. The molecule has 3 aromatic rings. The zero-order chi connectivity index (χ0) is 18.1. The number of hydrogen-bond donors (Lipinski definition) is 1. The molecule has 0 bridgehead atoms. The van der Waals surface area contributed by atoms with Gasteiger partial charge in [0.05, 0.1) is 23.7 Å². The average molecular weight is 353 g/mol. The summed E-state index contributed by atoms with van der Waals surface area (Å²) in [5.41, 5.74) is -0.0921. The van der Waals surface area contributed by atoms with Crippen molar-refractivity contribution in [2.75, 3.05) is 13.4 Å². The number of para-hydroxylation sites is 1. The van der Waals surface area contributed by atoms with Crippen LogP contribution in [0.3, 0.4) is 0 Å². The van der Waals surface area contributed by atoms with Crippen LogP contribution in [0.4, 0.5) is 0 Å². The molecular formula is C18H15N3O5. The van der Waals surface area contributed by atoms with Gasteiger partial charge in [-0.25, -0.2) is 4.79 Å². The number of nitrogens with one attached hydrogen (secondary N) is 1. The molecule has 1 aliphatic rings. The molecule has 0 fully saturated rings. The number of nitrogens with zero attached hydrogens (tertiary/aromatic N) is 2. The van der Waals surface area contributed by atoms with E-state index in [4.69, 9.17) is 14.2 Å². The third kappa shape index (κ3) is 2.71. The van der Waals surface area contributed by atoms with Gasteiger partial charge in [0.15, 0.2) is 11.5 Å². The number of ether oxygens (including phenoxy) is 3. The zero-order valence-corrected chi connectivity index (χ0v) is 13.9. The van der Waals surface area contributed by atoms with Gasteiger partial charge in [-0.1, -0.05) is 12.1 Å². The maximum atomic E-state index is 12.5. The molecule has 0 atom stereocenters. The molecule has 0 aliphatic carbocycles. The van der Waals surface area contributed by atoms with E-state index in [2.05, 4.69) is 10.1 Å². The first-order valence-corrected chi connectivity index (χ1v) is 8.02. The summed E-state index contributed by atoms with van der Waals surface area (Å²) in [5.74, 6) is 1.65. The normalized spacial score (nSPS) is 12.8. The minimum Gasteiger partial charge on any atom is -0.493 e. The lowest BCUT2D eigenvalue weighted by Gasteiger charge is -2.08. The van der Waals surface area contributed by atoms with Crippen LogP contribution in [0, 0.1) is 0 Å². The average Bonchev–Trinajstić information content (AvgIpc) is 3.09. The van der Waals surface area contributed by atoms with E-state index in [-0.39, 0.29) is 6.79 Å². The first-order valence-electron chi connectivity index (χ1n) is 8.02. The number of rotatable bonds is 4. The molecule has 1 aliphatic heterocycles. The molecule has 0 unspecified atom stereocenters. The predicted molar refractivity (Wildman–Crippen MR) is 95.6 cm³/mol. The number of aromatic amines is 1. The van der Waals surface area contributed by atoms with E-state index >= 15 is 0 Å². The highest BCUT2D eigenvalue weighted by molar-refractivity contribution is 5.85. The molecule has 132 valence electrons. The Hall–Kier alpha value is -3.55. The van der Waals surface area contributed by atoms with Gasteiger partial charge in [-0.2, -0.15) is 5.10 Å². The molecule has 2 heterocycles. The highest BCUT2D eigenvalue weighted by Gasteiger charge is 2.17. The zero-order valence-electron chi connectivity index (χ0n) is 13.9. The minimum atomic E-state index is -0.622. The molecule has 0 amide bonds. The lowest BCUT2D eigenvalue weighted by molar-refractivity contribution is 0.174. The third-order valence-corrected chi connectivity index (χ3v) is 3.90. The predicted octanol–water partition coefficient (Wildman–Crippen LogP) is 1.70. The molecule has 8 nitrogen and oxygen atoms in total. The quantitative estimate of drug-likeness (QED) is 0.721. The van der Waals surface area contributed by atoms with Crippen LogP contribution < -0.4 is 25.5 Å². The van der Waals surface area contributed by atoms with E-state index in [9.17, 15) is 9.59 Å². The van der Waals surface area contributed by atoms with E-state index in [1.165, 1.54) is 6.21 Å². The van der Waals surface area contributed by atoms with Crippen LogP contribution in [0.5, 0.6) is 17.2 Å². The summed E-state index contributed by atoms with van der Waals surface area (Å²) >= 11 is 0. The third-order valence-electron chi connectivity index (χ3n) is 3.90. The fourth-order valence-corrected chi connectivity index (χ4v) is 2.70. The monoisotopic (exact) mass is 353 g/mol. The van der Waals surface area contributed by atoms with Crippen LogP contribution in [0.25, 0.3) is 10.9 Å². The molecule has 0 saturated heterocycles. The Morgan fingerprint density at radius 3 is 2.81 bits per heavy atom. The molecule has 0 saturated carbocycles. The van der Waals surface area contributed by atoms with Gasteiger partial charge >= 0.3 is 5.69 Å². The molecule has 1 N–H and O–H groups in total. The van der Waals surface area contributed by atoms with Crippen LogP contribution in [0.15, 0.2) is 51.1 Å². The minimum absolute atomic E-state index is 0.130. The molecule has 0 radical (unpaired) electrons. The topological polar surface area (TPSA) is 94.9 Å². The van der Waals surface area contributed by atoms with Crippen molar-refractivity contribution in [2.45, 2.75) is 6.92 Å². The van der Waals surface area contributed by atoms with Gasteiger partial charge in [0.1, 0.15) is 5.75 Å². The Kier molecular flexibility index (Phi) is 3.92. The number of fused-ring (bicyclic) bond motifs is 2. The van der Waals surface area contributed by atoms with E-state index < -0.39 is 11.2 Å². The highest BCUT2D eigenvalue weighted by atomic mass is 16.7. The van der Waals surface area contributed by atoms with Gasteiger partial charge in [-0.3, -0.25) is 4.79 Å². The summed E-state index contributed by atoms with van der Waals surface area (Å²) in [6.07, 6.45) is 1.39. The standard InChI is InChI=1S/C18H15N3O5/c1-2-24-14-8-16-15(25-10-26-16)7-11(14)9-19-21-17(22)12-5-3-4-6-13(12)20-18(21)23/h3-9H,2,10H2,1H3,(H,20,23). The van der Waals surface area contributed by atoms with Crippen LogP contribution in [0.1, 0.15) is 12.5 Å². The maximum absolute atomic E-state index is 12.5. The first-order chi connectivity index (χ1) is 12.7. The summed E-state index contributed by atoms with van der Waals surface area (Å²) in [7, 11) is 0. The summed E-state index contributed by atoms with van der Waals surface area (Å²) in [6, 6.07) is 10.1. The van der Waals surface area contributed by atoms with Crippen molar-refractivity contribution < 1.29 is 14.2 Å². The smallest absolute Gasteiger partial charge is 0.349 e. The summed E-state index contributed by atoms with van der Waals surface area (Å²) < 4.78 is 17.0. The van der Waals surface area contributed by atoms with Crippen LogP contribution in [-0.4, -0.2) is 29.3 Å². The second kappa shape index (κ2) is 6.40. The van der Waals surface area contributed by atoms with Gasteiger partial charge in [-0.05, 0) is 25.1 Å². The van der Waals surface area contributed by atoms with Crippen LogP contribution in [-0.2, 0) is 0 Å². The molecule has 2 aromatic carbocycles.